The molecule has 1 aromatic rings. The molecular formula is C13H14N2O3. The van der Waals surface area contributed by atoms with Gasteiger partial charge >= 0.3 is 5.97 Å². The fraction of sp³-hybridized carbons (Fsp3) is 0.308. The SMILES string of the molecule is COC(=O)[C@@H](Cc1ccc(C#N)cc1)NC(C)=O. The van der Waals surface area contributed by atoms with Crippen molar-refractivity contribution in [3.63, 3.8) is 0 Å². The van der Waals surface area contributed by atoms with Gasteiger partial charge in [-0.3, -0.25) is 4.79 Å². The molecule has 1 aromatic carbocycles. The average molecular weight is 246 g/mol. The maximum Gasteiger partial charge on any atom is 0.328 e. The standard InChI is InChI=1S/C13H14N2O3/c1-9(16)15-12(13(17)18-2)7-10-3-5-11(8-14)6-4-10/h3-6,12H,7H2,1-2H3,(H,15,16)/t12-/m1/s1. The highest BCUT2D eigenvalue weighted by molar-refractivity contribution is 5.83. The Morgan fingerprint density at radius 2 is 2.00 bits per heavy atom. The first kappa shape index (κ1) is 13.7. The van der Waals surface area contributed by atoms with Crippen LogP contribution in [-0.2, 0) is 20.7 Å². The van der Waals surface area contributed by atoms with Gasteiger partial charge in [-0.1, -0.05) is 12.1 Å². The predicted molar refractivity (Wildman–Crippen MR) is 64.5 cm³/mol. The second-order valence-electron chi connectivity index (χ2n) is 3.79. The maximum absolute atomic E-state index is 11.5. The van der Waals surface area contributed by atoms with Gasteiger partial charge in [-0.05, 0) is 17.7 Å². The van der Waals surface area contributed by atoms with Gasteiger partial charge in [0.1, 0.15) is 6.04 Å². The number of methoxy groups -OCH3 is 1. The molecule has 0 aromatic heterocycles. The van der Waals surface area contributed by atoms with Gasteiger partial charge in [-0.15, -0.1) is 0 Å². The smallest absolute Gasteiger partial charge is 0.328 e. The van der Waals surface area contributed by atoms with E-state index in [0.29, 0.717) is 12.0 Å². The summed E-state index contributed by atoms with van der Waals surface area (Å²) in [6, 6.07) is 8.13. The highest BCUT2D eigenvalue weighted by atomic mass is 16.5. The van der Waals surface area contributed by atoms with Crippen molar-refractivity contribution in [2.75, 3.05) is 7.11 Å². The van der Waals surface area contributed by atoms with Gasteiger partial charge in [0.25, 0.3) is 0 Å². The summed E-state index contributed by atoms with van der Waals surface area (Å²) >= 11 is 0. The van der Waals surface area contributed by atoms with Crippen molar-refractivity contribution in [1.82, 2.24) is 5.32 Å². The first-order valence-electron chi connectivity index (χ1n) is 5.40. The number of nitrogens with zero attached hydrogens (tertiary/aromatic N) is 1. The van der Waals surface area contributed by atoms with Gasteiger partial charge in [-0.25, -0.2) is 4.79 Å². The van der Waals surface area contributed by atoms with Crippen molar-refractivity contribution in [1.29, 1.82) is 5.26 Å². The van der Waals surface area contributed by atoms with E-state index in [1.165, 1.54) is 14.0 Å². The highest BCUT2D eigenvalue weighted by Crippen LogP contribution is 2.07. The Hall–Kier alpha value is -2.35. The third-order valence-electron chi connectivity index (χ3n) is 2.39. The van der Waals surface area contributed by atoms with Crippen LogP contribution in [0.1, 0.15) is 18.1 Å². The van der Waals surface area contributed by atoms with Crippen molar-refractivity contribution in [2.45, 2.75) is 19.4 Å². The van der Waals surface area contributed by atoms with E-state index in [1.54, 1.807) is 24.3 Å². The largest absolute Gasteiger partial charge is 0.467 e. The molecule has 0 aliphatic heterocycles. The highest BCUT2D eigenvalue weighted by Gasteiger charge is 2.20. The Labute approximate surface area is 105 Å². The van der Waals surface area contributed by atoms with Crippen LogP contribution in [0.3, 0.4) is 0 Å². The molecule has 0 fully saturated rings. The summed E-state index contributed by atoms with van der Waals surface area (Å²) in [5, 5.41) is 11.2. The van der Waals surface area contributed by atoms with Crippen LogP contribution in [0.2, 0.25) is 0 Å². The number of nitrogens with one attached hydrogen (secondary N) is 1. The van der Waals surface area contributed by atoms with Crippen LogP contribution >= 0.6 is 0 Å². The van der Waals surface area contributed by atoms with E-state index in [9.17, 15) is 9.59 Å². The van der Waals surface area contributed by atoms with Crippen LogP contribution in [0.25, 0.3) is 0 Å². The third kappa shape index (κ3) is 3.91. The molecule has 0 aliphatic rings. The first-order chi connectivity index (χ1) is 8.56. The lowest BCUT2D eigenvalue weighted by atomic mass is 10.0. The van der Waals surface area contributed by atoms with Crippen molar-refractivity contribution in [2.24, 2.45) is 0 Å². The summed E-state index contributed by atoms with van der Waals surface area (Å²) in [5.74, 6) is -0.784. The zero-order valence-corrected chi connectivity index (χ0v) is 10.3. The van der Waals surface area contributed by atoms with E-state index in [-0.39, 0.29) is 5.91 Å². The fourth-order valence-electron chi connectivity index (χ4n) is 1.53. The summed E-state index contributed by atoms with van der Waals surface area (Å²) in [6.07, 6.45) is 0.331. The number of benzene rings is 1. The zero-order valence-electron chi connectivity index (χ0n) is 10.3. The molecule has 0 saturated heterocycles. The van der Waals surface area contributed by atoms with Crippen LogP contribution in [0.5, 0.6) is 0 Å². The lowest BCUT2D eigenvalue weighted by Crippen LogP contribution is -2.41. The summed E-state index contributed by atoms with van der Waals surface area (Å²) < 4.78 is 4.62. The van der Waals surface area contributed by atoms with E-state index in [2.05, 4.69) is 10.1 Å². The van der Waals surface area contributed by atoms with Crippen molar-refractivity contribution < 1.29 is 14.3 Å². The molecule has 1 rings (SSSR count). The van der Waals surface area contributed by atoms with Gasteiger partial charge in [-0.2, -0.15) is 5.26 Å². The molecule has 0 heterocycles. The fourth-order valence-corrected chi connectivity index (χ4v) is 1.53. The number of nitriles is 1. The normalized spacial score (nSPS) is 11.2. The topological polar surface area (TPSA) is 79.2 Å². The number of esters is 1. The van der Waals surface area contributed by atoms with Crippen molar-refractivity contribution >= 4 is 11.9 Å². The van der Waals surface area contributed by atoms with Gasteiger partial charge < -0.3 is 10.1 Å². The Morgan fingerprint density at radius 1 is 1.39 bits per heavy atom. The molecule has 0 bridgehead atoms. The molecule has 5 heteroatoms. The Kier molecular flexibility index (Phi) is 4.88. The van der Waals surface area contributed by atoms with Gasteiger partial charge in [0, 0.05) is 13.3 Å². The van der Waals surface area contributed by atoms with Gasteiger partial charge in [0.15, 0.2) is 0 Å². The Morgan fingerprint density at radius 3 is 2.44 bits per heavy atom. The molecule has 0 radical (unpaired) electrons. The maximum atomic E-state index is 11.5. The van der Waals surface area contributed by atoms with E-state index in [4.69, 9.17) is 5.26 Å². The number of ether oxygens (including phenoxy) is 1. The lowest BCUT2D eigenvalue weighted by Gasteiger charge is -2.15. The second kappa shape index (κ2) is 6.40. The zero-order chi connectivity index (χ0) is 13.5. The van der Waals surface area contributed by atoms with Gasteiger partial charge in [0.05, 0.1) is 18.7 Å². The molecule has 1 amide bonds. The monoisotopic (exact) mass is 246 g/mol. The number of rotatable bonds is 4. The van der Waals surface area contributed by atoms with Crippen LogP contribution in [0, 0.1) is 11.3 Å². The van der Waals surface area contributed by atoms with Gasteiger partial charge in [0.2, 0.25) is 5.91 Å². The Bertz CT molecular complexity index is 474. The van der Waals surface area contributed by atoms with E-state index < -0.39 is 12.0 Å². The summed E-state index contributed by atoms with van der Waals surface area (Å²) in [7, 11) is 1.27. The lowest BCUT2D eigenvalue weighted by molar-refractivity contribution is -0.144. The van der Waals surface area contributed by atoms with E-state index in [1.807, 2.05) is 6.07 Å². The third-order valence-corrected chi connectivity index (χ3v) is 2.39. The number of hydrogen-bond donors (Lipinski definition) is 1. The number of carbonyl (C=O) groups excluding carboxylic acids is 2. The van der Waals surface area contributed by atoms with Crippen LogP contribution in [0.15, 0.2) is 24.3 Å². The van der Waals surface area contributed by atoms with E-state index in [0.717, 1.165) is 5.56 Å². The van der Waals surface area contributed by atoms with Crippen LogP contribution in [0.4, 0.5) is 0 Å². The summed E-state index contributed by atoms with van der Waals surface area (Å²) in [5.41, 5.74) is 1.39. The molecule has 0 saturated carbocycles. The minimum Gasteiger partial charge on any atom is -0.467 e. The summed E-state index contributed by atoms with van der Waals surface area (Å²) in [4.78, 5) is 22.5. The molecule has 0 aliphatic carbocycles. The molecule has 18 heavy (non-hydrogen) atoms. The molecular weight excluding hydrogens is 232 g/mol. The molecule has 5 nitrogen and oxygen atoms in total. The predicted octanol–water partition coefficient (Wildman–Crippen LogP) is 0.778. The first-order valence-corrected chi connectivity index (χ1v) is 5.40. The number of carbonyl (C=O) groups is 2. The van der Waals surface area contributed by atoms with Crippen LogP contribution in [-0.4, -0.2) is 25.0 Å². The minimum absolute atomic E-state index is 0.293. The molecule has 0 unspecified atom stereocenters. The average Bonchev–Trinajstić information content (AvgIpc) is 2.37. The molecule has 1 N–H and O–H groups in total. The summed E-state index contributed by atoms with van der Waals surface area (Å²) in [6.45, 7) is 1.34. The van der Waals surface area contributed by atoms with Crippen molar-refractivity contribution in [3.8, 4) is 6.07 Å². The molecule has 94 valence electrons. The molecule has 1 atom stereocenters. The molecule has 0 spiro atoms. The second-order valence-corrected chi connectivity index (χ2v) is 3.79. The van der Waals surface area contributed by atoms with Crippen molar-refractivity contribution in [3.05, 3.63) is 35.4 Å². The van der Waals surface area contributed by atoms with Crippen LogP contribution < -0.4 is 5.32 Å². The quantitative estimate of drug-likeness (QED) is 0.796. The minimum atomic E-state index is -0.708. The number of amides is 1. The Balaban J connectivity index is 2.78. The number of hydrogen-bond acceptors (Lipinski definition) is 4. The van der Waals surface area contributed by atoms with E-state index >= 15 is 0 Å².